The minimum Gasteiger partial charge on any atom is -0.545 e. The molecular weight excluding hydrogens is 376 g/mol. The lowest BCUT2D eigenvalue weighted by Gasteiger charge is -2.31. The monoisotopic (exact) mass is 402 g/mol. The van der Waals surface area contributed by atoms with Crippen molar-refractivity contribution in [1.29, 1.82) is 0 Å². The number of nitrogens with zero attached hydrogens (tertiary/aromatic N) is 2. The predicted molar refractivity (Wildman–Crippen MR) is 117 cm³/mol. The van der Waals surface area contributed by atoms with E-state index < -0.39 is 5.97 Å². The van der Waals surface area contributed by atoms with E-state index in [1.807, 2.05) is 0 Å². The Kier molecular flexibility index (Phi) is 4.79. The Bertz CT molecular complexity index is 1100. The van der Waals surface area contributed by atoms with E-state index >= 15 is 0 Å². The number of aryl methyl sites for hydroxylation is 1. The summed E-state index contributed by atoms with van der Waals surface area (Å²) in [7, 11) is 2.24. The molecule has 0 radical (unpaired) electrons. The second-order valence-corrected chi connectivity index (χ2v) is 8.40. The highest BCUT2D eigenvalue weighted by molar-refractivity contribution is 6.00. The van der Waals surface area contributed by atoms with Crippen LogP contribution in [0.2, 0.25) is 0 Å². The van der Waals surface area contributed by atoms with Crippen LogP contribution in [0.15, 0.2) is 42.5 Å². The fourth-order valence-electron chi connectivity index (χ4n) is 4.58. The zero-order valence-corrected chi connectivity index (χ0v) is 17.2. The van der Waals surface area contributed by atoms with Gasteiger partial charge in [0.05, 0.1) is 50.4 Å². The summed E-state index contributed by atoms with van der Waals surface area (Å²) in [5, 5.41) is 15.8. The maximum absolute atomic E-state index is 11.4. The quantitative estimate of drug-likeness (QED) is 0.685. The average Bonchev–Trinajstić information content (AvgIpc) is 3.23. The lowest BCUT2D eigenvalue weighted by Crippen LogP contribution is -3.12. The molecule has 0 bridgehead atoms. The van der Waals surface area contributed by atoms with Crippen LogP contribution < -0.4 is 20.2 Å². The molecule has 2 N–H and O–H groups in total. The molecule has 1 fully saturated rings. The van der Waals surface area contributed by atoms with Crippen LogP contribution in [0, 0.1) is 0 Å². The molecule has 0 spiro atoms. The highest BCUT2D eigenvalue weighted by Gasteiger charge is 2.21. The van der Waals surface area contributed by atoms with Crippen molar-refractivity contribution >= 4 is 33.9 Å². The molecule has 154 valence electrons. The van der Waals surface area contributed by atoms with Gasteiger partial charge in [-0.3, -0.25) is 4.98 Å². The molecule has 0 unspecified atom stereocenters. The SMILES string of the molecule is C[NH+]1CCN(c2ccc(Nc3c4c(nc5ccc(C(=O)[O-])cc35)CCC4)cc2)CC1. The molecule has 1 aromatic heterocycles. The highest BCUT2D eigenvalue weighted by Crippen LogP contribution is 2.36. The lowest BCUT2D eigenvalue weighted by atomic mass is 10.0. The number of fused-ring (bicyclic) bond motifs is 2. The van der Waals surface area contributed by atoms with Gasteiger partial charge in [0.15, 0.2) is 0 Å². The average molecular weight is 402 g/mol. The van der Waals surface area contributed by atoms with E-state index in [4.69, 9.17) is 4.98 Å². The minimum atomic E-state index is -1.17. The third-order valence-electron chi connectivity index (χ3n) is 6.37. The number of rotatable bonds is 4. The number of benzene rings is 2. The minimum absolute atomic E-state index is 0.179. The Morgan fingerprint density at radius 1 is 1.10 bits per heavy atom. The summed E-state index contributed by atoms with van der Waals surface area (Å²) in [6.07, 6.45) is 3.00. The molecule has 3 aromatic rings. The zero-order chi connectivity index (χ0) is 20.7. The van der Waals surface area contributed by atoms with E-state index in [2.05, 4.69) is 41.5 Å². The molecule has 2 aromatic carbocycles. The molecule has 6 nitrogen and oxygen atoms in total. The fraction of sp³-hybridized carbons (Fsp3) is 0.333. The van der Waals surface area contributed by atoms with Crippen molar-refractivity contribution in [2.24, 2.45) is 0 Å². The molecule has 1 saturated heterocycles. The predicted octanol–water partition coefficient (Wildman–Crippen LogP) is 1.17. The molecule has 30 heavy (non-hydrogen) atoms. The number of hydrogen-bond acceptors (Lipinski definition) is 5. The smallest absolute Gasteiger partial charge is 0.0947 e. The van der Waals surface area contributed by atoms with Crippen LogP contribution in [0.3, 0.4) is 0 Å². The van der Waals surface area contributed by atoms with Crippen molar-refractivity contribution in [3.8, 4) is 0 Å². The summed E-state index contributed by atoms with van der Waals surface area (Å²) in [6.45, 7) is 4.48. The molecule has 0 amide bonds. The van der Waals surface area contributed by atoms with Crippen molar-refractivity contribution in [1.82, 2.24) is 4.98 Å². The number of carboxylic acids is 1. The van der Waals surface area contributed by atoms with E-state index in [-0.39, 0.29) is 5.56 Å². The van der Waals surface area contributed by atoms with Crippen LogP contribution in [0.4, 0.5) is 17.1 Å². The van der Waals surface area contributed by atoms with Crippen LogP contribution in [0.25, 0.3) is 10.9 Å². The third kappa shape index (κ3) is 3.48. The second kappa shape index (κ2) is 7.61. The Morgan fingerprint density at radius 2 is 1.87 bits per heavy atom. The molecule has 1 aliphatic heterocycles. The number of nitrogens with one attached hydrogen (secondary N) is 2. The number of likely N-dealkylation sites (N-methyl/N-ethyl adjacent to an activating group) is 1. The summed E-state index contributed by atoms with van der Waals surface area (Å²) in [5.74, 6) is -1.17. The van der Waals surface area contributed by atoms with Gasteiger partial charge in [-0.05, 0) is 66.8 Å². The van der Waals surface area contributed by atoms with Crippen molar-refractivity contribution in [2.45, 2.75) is 19.3 Å². The fourth-order valence-corrected chi connectivity index (χ4v) is 4.58. The Morgan fingerprint density at radius 3 is 2.60 bits per heavy atom. The van der Waals surface area contributed by atoms with Crippen molar-refractivity contribution in [3.63, 3.8) is 0 Å². The number of pyridine rings is 1. The first-order chi connectivity index (χ1) is 14.6. The number of carboxylic acid groups (broad SMARTS) is 1. The molecule has 1 aliphatic carbocycles. The highest BCUT2D eigenvalue weighted by atomic mass is 16.4. The number of aromatic nitrogens is 1. The van der Waals surface area contributed by atoms with Gasteiger partial charge in [0.25, 0.3) is 0 Å². The maximum Gasteiger partial charge on any atom is 0.0947 e. The summed E-state index contributed by atoms with van der Waals surface area (Å²) in [5.41, 5.74) is 6.53. The molecule has 0 saturated carbocycles. The van der Waals surface area contributed by atoms with Crippen molar-refractivity contribution < 1.29 is 14.8 Å². The number of quaternary nitrogens is 1. The number of aromatic carboxylic acids is 1. The second-order valence-electron chi connectivity index (χ2n) is 8.40. The van der Waals surface area contributed by atoms with Gasteiger partial charge in [-0.25, -0.2) is 0 Å². The van der Waals surface area contributed by atoms with Gasteiger partial charge in [0.2, 0.25) is 0 Å². The molecule has 2 aliphatic rings. The van der Waals surface area contributed by atoms with Gasteiger partial charge < -0.3 is 25.0 Å². The summed E-state index contributed by atoms with van der Waals surface area (Å²) in [4.78, 5) is 20.2. The zero-order valence-electron chi connectivity index (χ0n) is 17.2. The van der Waals surface area contributed by atoms with Crippen LogP contribution in [-0.4, -0.2) is 44.2 Å². The van der Waals surface area contributed by atoms with Gasteiger partial charge in [0.1, 0.15) is 0 Å². The topological polar surface area (TPSA) is 72.7 Å². The van der Waals surface area contributed by atoms with Gasteiger partial charge in [0, 0.05) is 22.5 Å². The normalized spacial score (nSPS) is 16.6. The van der Waals surface area contributed by atoms with Gasteiger partial charge >= 0.3 is 0 Å². The van der Waals surface area contributed by atoms with Gasteiger partial charge in [-0.1, -0.05) is 6.07 Å². The van der Waals surface area contributed by atoms with Crippen molar-refractivity contribution in [2.75, 3.05) is 43.4 Å². The summed E-state index contributed by atoms with van der Waals surface area (Å²) >= 11 is 0. The third-order valence-corrected chi connectivity index (χ3v) is 6.37. The van der Waals surface area contributed by atoms with E-state index in [0.29, 0.717) is 0 Å². The Labute approximate surface area is 176 Å². The largest absolute Gasteiger partial charge is 0.545 e. The Balaban J connectivity index is 1.48. The summed E-state index contributed by atoms with van der Waals surface area (Å²) in [6, 6.07) is 13.6. The van der Waals surface area contributed by atoms with Gasteiger partial charge in [-0.15, -0.1) is 0 Å². The van der Waals surface area contributed by atoms with Gasteiger partial charge in [-0.2, -0.15) is 0 Å². The number of carbonyl (C=O) groups excluding carboxylic acids is 1. The molecule has 5 rings (SSSR count). The number of hydrogen-bond donors (Lipinski definition) is 2. The van der Waals surface area contributed by atoms with Crippen molar-refractivity contribution in [3.05, 3.63) is 59.3 Å². The van der Waals surface area contributed by atoms with Crippen LogP contribution in [0.1, 0.15) is 28.0 Å². The standard InChI is InChI=1S/C24H26N4O2/c1-27-11-13-28(14-12-27)18-8-6-17(7-9-18)25-23-19-3-2-4-21(19)26-22-10-5-16(24(29)30)15-20(22)23/h5-10,15H,2-4,11-14H2,1H3,(H,25,26)(H,29,30). The van der Waals surface area contributed by atoms with E-state index in [1.54, 1.807) is 23.1 Å². The van der Waals surface area contributed by atoms with E-state index in [0.717, 1.165) is 73.4 Å². The number of anilines is 3. The molecular formula is C24H26N4O2. The van der Waals surface area contributed by atoms with Crippen LogP contribution >= 0.6 is 0 Å². The number of piperazine rings is 1. The molecule has 2 heterocycles. The first kappa shape index (κ1) is 18.9. The summed E-state index contributed by atoms with van der Waals surface area (Å²) < 4.78 is 0. The molecule has 0 atom stereocenters. The molecule has 6 heteroatoms. The first-order valence-corrected chi connectivity index (χ1v) is 10.7. The number of carbonyl (C=O) groups is 1. The maximum atomic E-state index is 11.4. The van der Waals surface area contributed by atoms with Crippen LogP contribution in [0.5, 0.6) is 0 Å². The lowest BCUT2D eigenvalue weighted by molar-refractivity contribution is -0.880. The van der Waals surface area contributed by atoms with E-state index in [1.165, 1.54) is 11.3 Å². The Hall–Kier alpha value is -3.12. The van der Waals surface area contributed by atoms with E-state index in [9.17, 15) is 9.90 Å². The first-order valence-electron chi connectivity index (χ1n) is 10.7. The van der Waals surface area contributed by atoms with Crippen LogP contribution in [-0.2, 0) is 12.8 Å².